The molecule has 5 nitrogen and oxygen atoms in total. The smallest absolute Gasteiger partial charge is 0.287 e. The van der Waals surface area contributed by atoms with Crippen molar-refractivity contribution in [2.45, 2.75) is 32.2 Å². The fourth-order valence-corrected chi connectivity index (χ4v) is 5.29. The first kappa shape index (κ1) is 19.2. The third-order valence-corrected chi connectivity index (χ3v) is 6.98. The molecule has 0 spiro atoms. The van der Waals surface area contributed by atoms with Crippen LogP contribution in [0.3, 0.4) is 0 Å². The summed E-state index contributed by atoms with van der Waals surface area (Å²) in [6.07, 6.45) is 0. The Labute approximate surface area is 171 Å². The van der Waals surface area contributed by atoms with Gasteiger partial charge in [0, 0.05) is 0 Å². The van der Waals surface area contributed by atoms with E-state index < -0.39 is 16.1 Å². The summed E-state index contributed by atoms with van der Waals surface area (Å²) in [5.41, 5.74) is 4.62. The van der Waals surface area contributed by atoms with E-state index in [1.165, 1.54) is 0 Å². The molecule has 0 aromatic heterocycles. The molecule has 0 aliphatic carbocycles. The van der Waals surface area contributed by atoms with E-state index in [0.29, 0.717) is 17.9 Å². The van der Waals surface area contributed by atoms with Gasteiger partial charge in [0.1, 0.15) is 4.90 Å². The number of aryl methyl sites for hydroxylation is 3. The molecule has 29 heavy (non-hydrogen) atoms. The van der Waals surface area contributed by atoms with Crippen LogP contribution in [0.25, 0.3) is 0 Å². The summed E-state index contributed by atoms with van der Waals surface area (Å²) >= 11 is 0. The molecule has 3 aromatic rings. The monoisotopic (exact) mass is 406 g/mol. The second-order valence-corrected chi connectivity index (χ2v) is 9.08. The van der Waals surface area contributed by atoms with Crippen molar-refractivity contribution in [3.63, 3.8) is 0 Å². The van der Waals surface area contributed by atoms with Crippen LogP contribution in [0.15, 0.2) is 71.6 Å². The van der Waals surface area contributed by atoms with Crippen molar-refractivity contribution in [1.82, 2.24) is 0 Å². The summed E-state index contributed by atoms with van der Waals surface area (Å²) in [5, 5.41) is 0. The Morgan fingerprint density at radius 3 is 2.17 bits per heavy atom. The van der Waals surface area contributed by atoms with Gasteiger partial charge in [0.05, 0.1) is 17.9 Å². The largest absolute Gasteiger partial charge is 0.343 e. The number of para-hydroxylation sites is 2. The van der Waals surface area contributed by atoms with E-state index in [-0.39, 0.29) is 4.90 Å². The van der Waals surface area contributed by atoms with Gasteiger partial charge in [0.25, 0.3) is 10.0 Å². The van der Waals surface area contributed by atoms with E-state index in [2.05, 4.69) is 0 Å². The predicted molar refractivity (Wildman–Crippen MR) is 115 cm³/mol. The van der Waals surface area contributed by atoms with Crippen molar-refractivity contribution < 1.29 is 13.2 Å². The SMILES string of the molecule is Cc1ccc(C)c(CN2C(=O)N(c3ccccc3C)S(=O)(=O)c3ccccc32)c1. The van der Waals surface area contributed by atoms with Crippen LogP contribution in [0.5, 0.6) is 0 Å². The molecule has 148 valence electrons. The van der Waals surface area contributed by atoms with Gasteiger partial charge in [0.2, 0.25) is 0 Å². The molecule has 0 saturated heterocycles. The Morgan fingerprint density at radius 2 is 1.45 bits per heavy atom. The number of fused-ring (bicyclic) bond motifs is 1. The second kappa shape index (κ2) is 7.04. The van der Waals surface area contributed by atoms with Crippen molar-refractivity contribution >= 4 is 27.4 Å². The molecular formula is C23H22N2O3S. The molecule has 4 rings (SSSR count). The Hall–Kier alpha value is -3.12. The zero-order valence-electron chi connectivity index (χ0n) is 16.6. The first-order chi connectivity index (χ1) is 13.8. The minimum absolute atomic E-state index is 0.133. The van der Waals surface area contributed by atoms with E-state index in [0.717, 1.165) is 26.6 Å². The van der Waals surface area contributed by atoms with Gasteiger partial charge in [-0.25, -0.2) is 13.2 Å². The maximum absolute atomic E-state index is 13.5. The Balaban J connectivity index is 1.91. The molecule has 0 unspecified atom stereocenters. The van der Waals surface area contributed by atoms with Crippen LogP contribution < -0.4 is 9.21 Å². The van der Waals surface area contributed by atoms with Crippen LogP contribution in [-0.2, 0) is 16.6 Å². The highest BCUT2D eigenvalue weighted by atomic mass is 32.2. The van der Waals surface area contributed by atoms with E-state index >= 15 is 0 Å². The standard InChI is InChI=1S/C23H22N2O3S/c1-16-12-13-17(2)19(14-16)15-24-21-10-6-7-11-22(21)29(27,28)25(23(24)26)20-9-5-4-8-18(20)3/h4-14H,15H2,1-3H3. The first-order valence-electron chi connectivity index (χ1n) is 9.38. The highest BCUT2D eigenvalue weighted by Crippen LogP contribution is 2.39. The number of hydrogen-bond acceptors (Lipinski definition) is 3. The minimum Gasteiger partial charge on any atom is -0.287 e. The quantitative estimate of drug-likeness (QED) is 0.619. The summed E-state index contributed by atoms with van der Waals surface area (Å²) in [4.78, 5) is 15.2. The number of nitrogens with zero attached hydrogens (tertiary/aromatic N) is 2. The molecule has 1 aliphatic rings. The number of hydrogen-bond donors (Lipinski definition) is 0. The van der Waals surface area contributed by atoms with Crippen LogP contribution in [0.2, 0.25) is 0 Å². The third-order valence-electron chi connectivity index (χ3n) is 5.25. The Kier molecular flexibility index (Phi) is 4.67. The van der Waals surface area contributed by atoms with E-state index in [1.54, 1.807) is 54.3 Å². The van der Waals surface area contributed by atoms with Crippen LogP contribution in [0.1, 0.15) is 22.3 Å². The normalized spacial score (nSPS) is 15.3. The van der Waals surface area contributed by atoms with Gasteiger partial charge >= 0.3 is 6.03 Å². The number of carbonyl (C=O) groups is 1. The highest BCUT2D eigenvalue weighted by Gasteiger charge is 2.42. The number of benzene rings is 3. The lowest BCUT2D eigenvalue weighted by Crippen LogP contribution is -2.51. The highest BCUT2D eigenvalue weighted by molar-refractivity contribution is 7.94. The lowest BCUT2D eigenvalue weighted by molar-refractivity contribution is 0.253. The summed E-state index contributed by atoms with van der Waals surface area (Å²) in [6.45, 7) is 6.08. The zero-order chi connectivity index (χ0) is 20.8. The molecule has 2 amide bonds. The molecule has 0 bridgehead atoms. The molecule has 0 atom stereocenters. The van der Waals surface area contributed by atoms with Gasteiger partial charge in [-0.3, -0.25) is 4.90 Å². The van der Waals surface area contributed by atoms with Crippen molar-refractivity contribution in [3.05, 3.63) is 89.0 Å². The predicted octanol–water partition coefficient (Wildman–Crippen LogP) is 4.95. The summed E-state index contributed by atoms with van der Waals surface area (Å²) in [6, 6.07) is 19.2. The topological polar surface area (TPSA) is 57.7 Å². The Morgan fingerprint density at radius 1 is 0.793 bits per heavy atom. The molecule has 1 aliphatic heterocycles. The molecule has 6 heteroatoms. The van der Waals surface area contributed by atoms with Gasteiger partial charge < -0.3 is 0 Å². The maximum atomic E-state index is 13.5. The fourth-order valence-electron chi connectivity index (χ4n) is 3.63. The van der Waals surface area contributed by atoms with E-state index in [4.69, 9.17) is 0 Å². The summed E-state index contributed by atoms with van der Waals surface area (Å²) < 4.78 is 27.7. The van der Waals surface area contributed by atoms with Crippen molar-refractivity contribution in [2.75, 3.05) is 9.21 Å². The number of anilines is 2. The van der Waals surface area contributed by atoms with Gasteiger partial charge in [0.15, 0.2) is 0 Å². The lowest BCUT2D eigenvalue weighted by Gasteiger charge is -2.37. The van der Waals surface area contributed by atoms with Gasteiger partial charge in [-0.1, -0.05) is 54.1 Å². The molecule has 0 radical (unpaired) electrons. The van der Waals surface area contributed by atoms with Crippen LogP contribution >= 0.6 is 0 Å². The molecule has 0 fully saturated rings. The molecule has 0 saturated carbocycles. The summed E-state index contributed by atoms with van der Waals surface area (Å²) in [7, 11) is -4.01. The molecular weight excluding hydrogens is 384 g/mol. The van der Waals surface area contributed by atoms with E-state index in [9.17, 15) is 13.2 Å². The molecule has 1 heterocycles. The third kappa shape index (κ3) is 3.19. The van der Waals surface area contributed by atoms with Crippen LogP contribution in [0, 0.1) is 20.8 Å². The number of sulfonamides is 1. The average molecular weight is 407 g/mol. The zero-order valence-corrected chi connectivity index (χ0v) is 17.4. The Bertz CT molecular complexity index is 1220. The second-order valence-electron chi connectivity index (χ2n) is 7.32. The van der Waals surface area contributed by atoms with Crippen LogP contribution in [0.4, 0.5) is 16.2 Å². The minimum atomic E-state index is -4.01. The van der Waals surface area contributed by atoms with Crippen molar-refractivity contribution in [3.8, 4) is 0 Å². The van der Waals surface area contributed by atoms with Gasteiger partial charge in [-0.15, -0.1) is 0 Å². The maximum Gasteiger partial charge on any atom is 0.343 e. The molecule has 0 N–H and O–H groups in total. The van der Waals surface area contributed by atoms with Gasteiger partial charge in [-0.2, -0.15) is 4.31 Å². The number of urea groups is 1. The van der Waals surface area contributed by atoms with E-state index in [1.807, 2.05) is 38.1 Å². The number of amides is 2. The summed E-state index contributed by atoms with van der Waals surface area (Å²) in [5.74, 6) is 0. The first-order valence-corrected chi connectivity index (χ1v) is 10.8. The van der Waals surface area contributed by atoms with Crippen LogP contribution in [-0.4, -0.2) is 14.4 Å². The fraction of sp³-hybridized carbons (Fsp3) is 0.174. The lowest BCUT2D eigenvalue weighted by atomic mass is 10.0. The number of carbonyl (C=O) groups excluding carboxylic acids is 1. The van der Waals surface area contributed by atoms with Gasteiger partial charge in [-0.05, 0) is 55.7 Å². The number of rotatable bonds is 3. The van der Waals surface area contributed by atoms with Crippen molar-refractivity contribution in [1.29, 1.82) is 0 Å². The molecule has 3 aromatic carbocycles. The average Bonchev–Trinajstić information content (AvgIpc) is 2.69. The van der Waals surface area contributed by atoms with Crippen molar-refractivity contribution in [2.24, 2.45) is 0 Å².